The minimum Gasteiger partial charge on any atom is -0.412 e. The monoisotopic (exact) mass is 494 g/mol. The molecular weight excluding hydrogens is 460 g/mol. The van der Waals surface area contributed by atoms with Gasteiger partial charge in [0.05, 0.1) is 28.4 Å². The Morgan fingerprint density at radius 1 is 0.971 bits per heavy atom. The van der Waals surface area contributed by atoms with Crippen LogP contribution in [0.1, 0.15) is 40.4 Å². The fourth-order valence-corrected chi connectivity index (χ4v) is 4.44. The second-order valence-electron chi connectivity index (χ2n) is 8.87. The number of nitrogens with one attached hydrogen (secondary N) is 1. The molecule has 2 aromatic carbocycles. The highest BCUT2D eigenvalue weighted by atomic mass is 32.2. The van der Waals surface area contributed by atoms with Gasteiger partial charge in [-0.2, -0.15) is 0 Å². The van der Waals surface area contributed by atoms with E-state index in [1.807, 2.05) is 51.1 Å². The SMILES string of the molecule is Cc1ncc(-c2ccc(S(=O)C(C)C)cc2)nc1-c1cc(-c2ccc(CNC(C)C)cc2)no1.O.[HH]. The van der Waals surface area contributed by atoms with Gasteiger partial charge in [-0.05, 0) is 24.6 Å². The molecule has 0 aliphatic carbocycles. The Morgan fingerprint density at radius 2 is 1.60 bits per heavy atom. The molecule has 0 fully saturated rings. The van der Waals surface area contributed by atoms with E-state index in [0.717, 1.165) is 39.6 Å². The molecule has 0 spiro atoms. The van der Waals surface area contributed by atoms with E-state index < -0.39 is 10.8 Å². The standard InChI is InChI=1S/C27H30N4O2S.H2O.H2/c1-17(2)28-15-20-6-8-21(9-7-20)24-14-26(33-31-24)27-19(5)29-16-25(30-27)22-10-12-23(13-11-22)34(32)18(3)4;;/h6-14,16-18,28H,15H2,1-5H3;1H2;1H. The smallest absolute Gasteiger partial charge is 0.187 e. The Kier molecular flexibility index (Phi) is 8.67. The third kappa shape index (κ3) is 6.28. The van der Waals surface area contributed by atoms with Gasteiger partial charge >= 0.3 is 0 Å². The van der Waals surface area contributed by atoms with Crippen molar-refractivity contribution in [3.05, 3.63) is 72.1 Å². The highest BCUT2D eigenvalue weighted by molar-refractivity contribution is 7.85. The van der Waals surface area contributed by atoms with Gasteiger partial charge in [-0.1, -0.05) is 69.2 Å². The zero-order chi connectivity index (χ0) is 24.2. The van der Waals surface area contributed by atoms with Crippen LogP contribution in [0.3, 0.4) is 0 Å². The van der Waals surface area contributed by atoms with Gasteiger partial charge in [0.2, 0.25) is 0 Å². The van der Waals surface area contributed by atoms with Gasteiger partial charge in [-0.3, -0.25) is 9.19 Å². The molecule has 8 heteroatoms. The first kappa shape index (κ1) is 26.4. The minimum absolute atomic E-state index is 0. The molecule has 1 atom stereocenters. The molecule has 0 bridgehead atoms. The average Bonchev–Trinajstić information content (AvgIpc) is 3.33. The van der Waals surface area contributed by atoms with Gasteiger partial charge in [-0.15, -0.1) is 0 Å². The Bertz CT molecular complexity index is 1290. The Balaban J connectivity index is 0.00000228. The molecule has 1 unspecified atom stereocenters. The van der Waals surface area contributed by atoms with E-state index in [-0.39, 0.29) is 12.2 Å². The predicted octanol–water partition coefficient (Wildman–Crippen LogP) is 5.21. The summed E-state index contributed by atoms with van der Waals surface area (Å²) in [5.74, 6) is 0.574. The predicted molar refractivity (Wildman–Crippen MR) is 142 cm³/mol. The molecule has 0 aliphatic heterocycles. The molecule has 4 rings (SSSR count). The highest BCUT2D eigenvalue weighted by Gasteiger charge is 2.15. The molecule has 4 aromatic rings. The molecule has 0 aliphatic rings. The van der Waals surface area contributed by atoms with Crippen molar-refractivity contribution >= 4 is 10.8 Å². The molecule has 0 saturated heterocycles. The lowest BCUT2D eigenvalue weighted by molar-refractivity contribution is 0.433. The quantitative estimate of drug-likeness (QED) is 0.360. The van der Waals surface area contributed by atoms with Gasteiger partial charge in [0, 0.05) is 41.4 Å². The minimum atomic E-state index is -1.02. The van der Waals surface area contributed by atoms with Crippen LogP contribution in [0.2, 0.25) is 0 Å². The van der Waals surface area contributed by atoms with Crippen molar-refractivity contribution in [2.75, 3.05) is 0 Å². The maximum atomic E-state index is 12.3. The van der Waals surface area contributed by atoms with Crippen LogP contribution in [-0.4, -0.2) is 36.1 Å². The number of hydrogen-bond acceptors (Lipinski definition) is 6. The van der Waals surface area contributed by atoms with E-state index in [0.29, 0.717) is 17.5 Å². The molecule has 186 valence electrons. The normalized spacial score (nSPS) is 12.1. The third-order valence-electron chi connectivity index (χ3n) is 5.47. The van der Waals surface area contributed by atoms with Crippen LogP contribution >= 0.6 is 0 Å². The van der Waals surface area contributed by atoms with Crippen molar-refractivity contribution in [2.45, 2.75) is 57.4 Å². The Hall–Kier alpha value is -3.20. The van der Waals surface area contributed by atoms with Crippen LogP contribution in [0.25, 0.3) is 34.0 Å². The number of benzene rings is 2. The molecule has 0 saturated carbocycles. The molecule has 2 aromatic heterocycles. The zero-order valence-electron chi connectivity index (χ0n) is 20.7. The summed E-state index contributed by atoms with van der Waals surface area (Å²) in [6, 6.07) is 18.3. The largest absolute Gasteiger partial charge is 0.412 e. The zero-order valence-corrected chi connectivity index (χ0v) is 21.5. The summed E-state index contributed by atoms with van der Waals surface area (Å²) < 4.78 is 18.0. The van der Waals surface area contributed by atoms with E-state index in [4.69, 9.17) is 9.51 Å². The van der Waals surface area contributed by atoms with Crippen LogP contribution in [-0.2, 0) is 17.3 Å². The molecule has 0 radical (unpaired) electrons. The van der Waals surface area contributed by atoms with Gasteiger partial charge in [0.1, 0.15) is 11.4 Å². The van der Waals surface area contributed by atoms with Crippen molar-refractivity contribution in [2.24, 2.45) is 0 Å². The second-order valence-corrected chi connectivity index (χ2v) is 10.9. The summed E-state index contributed by atoms with van der Waals surface area (Å²) in [6.45, 7) is 10.9. The van der Waals surface area contributed by atoms with Crippen LogP contribution in [0.4, 0.5) is 0 Å². The fraction of sp³-hybridized carbons (Fsp3) is 0.296. The third-order valence-corrected chi connectivity index (χ3v) is 7.07. The summed E-state index contributed by atoms with van der Waals surface area (Å²) in [7, 11) is -1.02. The van der Waals surface area contributed by atoms with Gasteiger partial charge in [0.15, 0.2) is 5.76 Å². The van der Waals surface area contributed by atoms with E-state index in [9.17, 15) is 4.21 Å². The van der Waals surface area contributed by atoms with Crippen molar-refractivity contribution in [3.63, 3.8) is 0 Å². The highest BCUT2D eigenvalue weighted by Crippen LogP contribution is 2.29. The molecular formula is C27H34N4O3S. The molecule has 7 nitrogen and oxygen atoms in total. The van der Waals surface area contributed by atoms with E-state index in [1.54, 1.807) is 6.20 Å². The number of nitrogens with zero attached hydrogens (tertiary/aromatic N) is 3. The fourth-order valence-electron chi connectivity index (χ4n) is 3.49. The molecule has 35 heavy (non-hydrogen) atoms. The lowest BCUT2D eigenvalue weighted by Crippen LogP contribution is -2.21. The number of rotatable bonds is 8. The lowest BCUT2D eigenvalue weighted by Gasteiger charge is -2.08. The van der Waals surface area contributed by atoms with Gasteiger partial charge in [0.25, 0.3) is 0 Å². The topological polar surface area (TPSA) is 112 Å². The van der Waals surface area contributed by atoms with Crippen molar-refractivity contribution < 1.29 is 15.6 Å². The number of hydrogen-bond donors (Lipinski definition) is 1. The number of aromatic nitrogens is 3. The molecule has 0 amide bonds. The summed E-state index contributed by atoms with van der Waals surface area (Å²) in [5.41, 5.74) is 6.01. The molecule has 2 heterocycles. The average molecular weight is 495 g/mol. The molecule has 3 N–H and O–H groups in total. The van der Waals surface area contributed by atoms with E-state index in [1.165, 1.54) is 5.56 Å². The second kappa shape index (κ2) is 11.5. The first-order valence-electron chi connectivity index (χ1n) is 11.5. The first-order chi connectivity index (χ1) is 16.3. The Morgan fingerprint density at radius 3 is 2.23 bits per heavy atom. The van der Waals surface area contributed by atoms with E-state index in [2.05, 4.69) is 53.6 Å². The summed E-state index contributed by atoms with van der Waals surface area (Å²) >= 11 is 0. The lowest BCUT2D eigenvalue weighted by atomic mass is 10.1. The maximum Gasteiger partial charge on any atom is 0.187 e. The summed E-state index contributed by atoms with van der Waals surface area (Å²) in [4.78, 5) is 10.1. The van der Waals surface area contributed by atoms with Gasteiger partial charge < -0.3 is 15.3 Å². The van der Waals surface area contributed by atoms with Gasteiger partial charge in [-0.25, -0.2) is 4.98 Å². The van der Waals surface area contributed by atoms with Crippen LogP contribution in [0, 0.1) is 6.92 Å². The van der Waals surface area contributed by atoms with Crippen molar-refractivity contribution in [1.82, 2.24) is 20.4 Å². The summed E-state index contributed by atoms with van der Waals surface area (Å²) in [6.07, 6.45) is 1.74. The summed E-state index contributed by atoms with van der Waals surface area (Å²) in [5, 5.41) is 7.76. The van der Waals surface area contributed by atoms with Crippen LogP contribution in [0.5, 0.6) is 0 Å². The Labute approximate surface area is 210 Å². The van der Waals surface area contributed by atoms with Crippen molar-refractivity contribution in [3.8, 4) is 34.0 Å². The van der Waals surface area contributed by atoms with E-state index >= 15 is 0 Å². The van der Waals surface area contributed by atoms with Crippen molar-refractivity contribution in [1.29, 1.82) is 0 Å². The first-order valence-corrected chi connectivity index (χ1v) is 12.7. The van der Waals surface area contributed by atoms with Crippen LogP contribution in [0.15, 0.2) is 70.2 Å². The maximum absolute atomic E-state index is 12.3. The van der Waals surface area contributed by atoms with Crippen LogP contribution < -0.4 is 5.32 Å². The number of aryl methyl sites for hydroxylation is 1.